The molecular weight excluding hydrogens is 222 g/mol. The summed E-state index contributed by atoms with van der Waals surface area (Å²) in [6.07, 6.45) is 9.60. The van der Waals surface area contributed by atoms with E-state index in [9.17, 15) is 0 Å². The van der Waals surface area contributed by atoms with Crippen LogP contribution in [0.25, 0.3) is 0 Å². The monoisotopic (exact) mass is 253 g/mol. The first-order valence-electron chi connectivity index (χ1n) is 7.92. The zero-order valence-electron chi connectivity index (χ0n) is 12.3. The fourth-order valence-corrected chi connectivity index (χ4v) is 3.39. The maximum atomic E-state index is 3.74. The van der Waals surface area contributed by atoms with Gasteiger partial charge in [-0.05, 0) is 59.2 Å². The largest absolute Gasteiger partial charge is 0.314 e. The molecule has 0 spiro atoms. The molecule has 0 aliphatic carbocycles. The normalized spacial score (nSPS) is 32.3. The molecule has 0 saturated carbocycles. The van der Waals surface area contributed by atoms with E-state index in [4.69, 9.17) is 0 Å². The highest BCUT2D eigenvalue weighted by Gasteiger charge is 2.21. The van der Waals surface area contributed by atoms with Crippen LogP contribution in [-0.4, -0.2) is 49.7 Å². The molecule has 0 aromatic carbocycles. The van der Waals surface area contributed by atoms with Crippen LogP contribution in [0.1, 0.15) is 51.9 Å². The summed E-state index contributed by atoms with van der Waals surface area (Å²) in [4.78, 5) is 2.50. The topological polar surface area (TPSA) is 27.3 Å². The Labute approximate surface area is 113 Å². The molecule has 2 saturated heterocycles. The Balaban J connectivity index is 1.63. The third kappa shape index (κ3) is 4.52. The van der Waals surface area contributed by atoms with Crippen LogP contribution in [0.2, 0.25) is 0 Å². The molecule has 3 atom stereocenters. The Morgan fingerprint density at radius 3 is 2.89 bits per heavy atom. The van der Waals surface area contributed by atoms with Gasteiger partial charge in [0.15, 0.2) is 0 Å². The van der Waals surface area contributed by atoms with Crippen molar-refractivity contribution in [3.63, 3.8) is 0 Å². The minimum Gasteiger partial charge on any atom is -0.314 e. The van der Waals surface area contributed by atoms with Crippen molar-refractivity contribution in [1.82, 2.24) is 15.5 Å². The predicted molar refractivity (Wildman–Crippen MR) is 78.0 cm³/mol. The zero-order valence-corrected chi connectivity index (χ0v) is 12.3. The van der Waals surface area contributed by atoms with E-state index in [1.54, 1.807) is 0 Å². The van der Waals surface area contributed by atoms with Crippen molar-refractivity contribution < 1.29 is 0 Å². The highest BCUT2D eigenvalue weighted by molar-refractivity contribution is 4.81. The number of nitrogens with zero attached hydrogens (tertiary/aromatic N) is 1. The van der Waals surface area contributed by atoms with Crippen molar-refractivity contribution >= 4 is 0 Å². The molecule has 18 heavy (non-hydrogen) atoms. The summed E-state index contributed by atoms with van der Waals surface area (Å²) in [5.74, 6) is 0. The van der Waals surface area contributed by atoms with E-state index in [2.05, 4.69) is 29.5 Å². The lowest BCUT2D eigenvalue weighted by Gasteiger charge is -2.25. The van der Waals surface area contributed by atoms with E-state index in [0.717, 1.165) is 12.1 Å². The van der Waals surface area contributed by atoms with Crippen LogP contribution in [0.5, 0.6) is 0 Å². The molecule has 0 radical (unpaired) electrons. The molecule has 0 aromatic heterocycles. The van der Waals surface area contributed by atoms with Gasteiger partial charge < -0.3 is 15.5 Å². The Bertz CT molecular complexity index is 224. The summed E-state index contributed by atoms with van der Waals surface area (Å²) < 4.78 is 0. The summed E-state index contributed by atoms with van der Waals surface area (Å²) in [6, 6.07) is 2.17. The lowest BCUT2D eigenvalue weighted by atomic mass is 10.0. The maximum Gasteiger partial charge on any atom is 0.0218 e. The maximum absolute atomic E-state index is 3.74. The molecule has 2 aliphatic heterocycles. The second-order valence-electron chi connectivity index (χ2n) is 6.32. The van der Waals surface area contributed by atoms with Crippen LogP contribution in [0.4, 0.5) is 0 Å². The van der Waals surface area contributed by atoms with E-state index in [-0.39, 0.29) is 0 Å². The van der Waals surface area contributed by atoms with Crippen molar-refractivity contribution in [2.75, 3.05) is 26.7 Å². The molecule has 2 rings (SSSR count). The average Bonchev–Trinajstić information content (AvgIpc) is 2.61. The number of nitrogens with one attached hydrogen (secondary N) is 2. The van der Waals surface area contributed by atoms with Gasteiger partial charge in [-0.1, -0.05) is 12.8 Å². The molecule has 2 fully saturated rings. The number of hydrogen-bond donors (Lipinski definition) is 2. The van der Waals surface area contributed by atoms with Gasteiger partial charge in [0.1, 0.15) is 0 Å². The van der Waals surface area contributed by atoms with Crippen molar-refractivity contribution in [2.45, 2.75) is 70.0 Å². The van der Waals surface area contributed by atoms with Crippen LogP contribution in [0.3, 0.4) is 0 Å². The average molecular weight is 253 g/mol. The van der Waals surface area contributed by atoms with Crippen LogP contribution < -0.4 is 10.6 Å². The number of likely N-dealkylation sites (tertiary alicyclic amines) is 1. The molecule has 2 aliphatic rings. The molecule has 3 unspecified atom stereocenters. The molecule has 3 nitrogen and oxygen atoms in total. The molecule has 2 heterocycles. The minimum atomic E-state index is 0.648. The molecule has 2 N–H and O–H groups in total. The van der Waals surface area contributed by atoms with Gasteiger partial charge in [-0.15, -0.1) is 0 Å². The third-order valence-electron chi connectivity index (χ3n) is 4.67. The Morgan fingerprint density at radius 2 is 2.11 bits per heavy atom. The van der Waals surface area contributed by atoms with Gasteiger partial charge in [-0.25, -0.2) is 0 Å². The van der Waals surface area contributed by atoms with Gasteiger partial charge in [0, 0.05) is 24.7 Å². The quantitative estimate of drug-likeness (QED) is 0.784. The van der Waals surface area contributed by atoms with E-state index in [0.29, 0.717) is 6.04 Å². The summed E-state index contributed by atoms with van der Waals surface area (Å²) >= 11 is 0. The van der Waals surface area contributed by atoms with Crippen molar-refractivity contribution in [2.24, 2.45) is 0 Å². The standard InChI is InChI=1S/C15H31N3/c1-13(11-14-7-4-3-5-9-16-14)17-12-15-8-6-10-18(15)2/h13-17H,3-12H2,1-2H3. The summed E-state index contributed by atoms with van der Waals surface area (Å²) in [5, 5.41) is 7.44. The van der Waals surface area contributed by atoms with Gasteiger partial charge in [0.2, 0.25) is 0 Å². The zero-order chi connectivity index (χ0) is 12.8. The smallest absolute Gasteiger partial charge is 0.0218 e. The Hall–Kier alpha value is -0.120. The van der Waals surface area contributed by atoms with Crippen LogP contribution in [0, 0.1) is 0 Å². The summed E-state index contributed by atoms with van der Waals surface area (Å²) in [7, 11) is 2.26. The third-order valence-corrected chi connectivity index (χ3v) is 4.67. The molecule has 0 bridgehead atoms. The molecule has 0 aromatic rings. The summed E-state index contributed by atoms with van der Waals surface area (Å²) in [5.41, 5.74) is 0. The lowest BCUT2D eigenvalue weighted by molar-refractivity contribution is 0.286. The minimum absolute atomic E-state index is 0.648. The second kappa shape index (κ2) is 7.46. The van der Waals surface area contributed by atoms with E-state index in [1.807, 2.05) is 0 Å². The van der Waals surface area contributed by atoms with Gasteiger partial charge in [-0.2, -0.15) is 0 Å². The summed E-state index contributed by atoms with van der Waals surface area (Å²) in [6.45, 7) is 6.03. The SMILES string of the molecule is CC(CC1CCCCCN1)NCC1CCCN1C. The number of rotatable bonds is 5. The van der Waals surface area contributed by atoms with Gasteiger partial charge >= 0.3 is 0 Å². The molecule has 0 amide bonds. The predicted octanol–water partition coefficient (Wildman–Crippen LogP) is 1.98. The van der Waals surface area contributed by atoms with Crippen LogP contribution in [-0.2, 0) is 0 Å². The fourth-order valence-electron chi connectivity index (χ4n) is 3.39. The van der Waals surface area contributed by atoms with E-state index in [1.165, 1.54) is 64.6 Å². The molecule has 106 valence electrons. The first-order valence-corrected chi connectivity index (χ1v) is 7.92. The van der Waals surface area contributed by atoms with Gasteiger partial charge in [0.25, 0.3) is 0 Å². The Morgan fingerprint density at radius 1 is 1.22 bits per heavy atom. The van der Waals surface area contributed by atoms with Gasteiger partial charge in [0.05, 0.1) is 0 Å². The highest BCUT2D eigenvalue weighted by atomic mass is 15.2. The van der Waals surface area contributed by atoms with E-state index < -0.39 is 0 Å². The Kier molecular flexibility index (Phi) is 5.93. The lowest BCUT2D eigenvalue weighted by Crippen LogP contribution is -2.42. The van der Waals surface area contributed by atoms with Gasteiger partial charge in [-0.3, -0.25) is 0 Å². The fraction of sp³-hybridized carbons (Fsp3) is 1.00. The van der Waals surface area contributed by atoms with Crippen molar-refractivity contribution in [3.05, 3.63) is 0 Å². The number of hydrogen-bond acceptors (Lipinski definition) is 3. The van der Waals surface area contributed by atoms with Crippen LogP contribution in [0.15, 0.2) is 0 Å². The van der Waals surface area contributed by atoms with E-state index >= 15 is 0 Å². The molecular formula is C15H31N3. The van der Waals surface area contributed by atoms with Crippen molar-refractivity contribution in [3.8, 4) is 0 Å². The van der Waals surface area contributed by atoms with Crippen LogP contribution >= 0.6 is 0 Å². The number of likely N-dealkylation sites (N-methyl/N-ethyl adjacent to an activating group) is 1. The second-order valence-corrected chi connectivity index (χ2v) is 6.32. The van der Waals surface area contributed by atoms with Crippen molar-refractivity contribution in [1.29, 1.82) is 0 Å². The first-order chi connectivity index (χ1) is 8.75. The first kappa shape index (κ1) is 14.3. The molecule has 3 heteroatoms. The highest BCUT2D eigenvalue weighted by Crippen LogP contribution is 2.15.